The van der Waals surface area contributed by atoms with Gasteiger partial charge in [-0.05, 0) is 19.3 Å². The highest BCUT2D eigenvalue weighted by atomic mass is 16.3. The van der Waals surface area contributed by atoms with E-state index in [1.165, 1.54) is 0 Å². The first kappa shape index (κ1) is 9.72. The Bertz CT molecular complexity index is 154. The molecule has 0 heterocycles. The third-order valence-electron chi connectivity index (χ3n) is 2.65. The molecule has 70 valence electrons. The average molecular weight is 170 g/mol. The second-order valence-corrected chi connectivity index (χ2v) is 3.67. The van der Waals surface area contributed by atoms with Crippen molar-refractivity contribution < 1.29 is 9.90 Å². The Hall–Kier alpha value is -0.370. The van der Waals surface area contributed by atoms with E-state index in [0.717, 1.165) is 32.1 Å². The van der Waals surface area contributed by atoms with Gasteiger partial charge in [-0.25, -0.2) is 0 Å². The number of rotatable bonds is 3. The summed E-state index contributed by atoms with van der Waals surface area (Å²) in [5.41, 5.74) is 0. The Morgan fingerprint density at radius 2 is 2.33 bits per heavy atom. The molecule has 0 aliphatic heterocycles. The average Bonchev–Trinajstić information content (AvgIpc) is 2.05. The molecule has 0 amide bonds. The first-order valence-electron chi connectivity index (χ1n) is 4.96. The first-order chi connectivity index (χ1) is 5.75. The van der Waals surface area contributed by atoms with Crippen molar-refractivity contribution in [1.82, 2.24) is 0 Å². The quantitative estimate of drug-likeness (QED) is 0.702. The van der Waals surface area contributed by atoms with Crippen molar-refractivity contribution in [1.29, 1.82) is 0 Å². The zero-order chi connectivity index (χ0) is 8.97. The predicted octanol–water partition coefficient (Wildman–Crippen LogP) is 1.91. The zero-order valence-electron chi connectivity index (χ0n) is 7.75. The molecule has 0 aromatic rings. The van der Waals surface area contributed by atoms with Crippen molar-refractivity contribution in [2.24, 2.45) is 5.92 Å². The number of hydrogen-bond donors (Lipinski definition) is 1. The maximum absolute atomic E-state index is 11.4. The molecule has 0 radical (unpaired) electrons. The fraction of sp³-hybridized carbons (Fsp3) is 0.900. The summed E-state index contributed by atoms with van der Waals surface area (Å²) in [6.07, 6.45) is 5.08. The lowest BCUT2D eigenvalue weighted by molar-refractivity contribution is -0.128. The van der Waals surface area contributed by atoms with Gasteiger partial charge in [0.15, 0.2) is 0 Å². The van der Waals surface area contributed by atoms with E-state index in [1.54, 1.807) is 0 Å². The fourth-order valence-corrected chi connectivity index (χ4v) is 1.91. The van der Waals surface area contributed by atoms with E-state index in [4.69, 9.17) is 0 Å². The van der Waals surface area contributed by atoms with Gasteiger partial charge in [-0.15, -0.1) is 0 Å². The molecule has 12 heavy (non-hydrogen) atoms. The van der Waals surface area contributed by atoms with Crippen LogP contribution in [0.3, 0.4) is 0 Å². The maximum Gasteiger partial charge on any atom is 0.138 e. The lowest BCUT2D eigenvalue weighted by Crippen LogP contribution is -2.30. The molecule has 0 bridgehead atoms. The highest BCUT2D eigenvalue weighted by Gasteiger charge is 2.27. The standard InChI is InChI=1S/C10H18O2/c1-2-5-9(11)8-6-3-4-7-10(8)12/h8-9,11H,2-7H2,1H3. The summed E-state index contributed by atoms with van der Waals surface area (Å²) in [6, 6.07) is 0. The summed E-state index contributed by atoms with van der Waals surface area (Å²) in [5.74, 6) is 0.237. The van der Waals surface area contributed by atoms with Gasteiger partial charge in [-0.3, -0.25) is 4.79 Å². The van der Waals surface area contributed by atoms with Crippen LogP contribution in [0.4, 0.5) is 0 Å². The van der Waals surface area contributed by atoms with Crippen LogP contribution in [0.2, 0.25) is 0 Å². The van der Waals surface area contributed by atoms with Gasteiger partial charge in [0, 0.05) is 12.3 Å². The predicted molar refractivity (Wildman–Crippen MR) is 47.9 cm³/mol. The van der Waals surface area contributed by atoms with Crippen LogP contribution in [-0.2, 0) is 4.79 Å². The van der Waals surface area contributed by atoms with Crippen molar-refractivity contribution in [2.45, 2.75) is 51.6 Å². The van der Waals surface area contributed by atoms with Crippen LogP contribution in [0.25, 0.3) is 0 Å². The molecule has 1 rings (SSSR count). The minimum Gasteiger partial charge on any atom is -0.392 e. The molecule has 2 nitrogen and oxygen atoms in total. The van der Waals surface area contributed by atoms with Gasteiger partial charge in [-0.2, -0.15) is 0 Å². The van der Waals surface area contributed by atoms with Crippen LogP contribution in [0.15, 0.2) is 0 Å². The normalized spacial score (nSPS) is 27.2. The number of aliphatic hydroxyl groups is 1. The molecule has 2 atom stereocenters. The molecule has 1 fully saturated rings. The molecular formula is C10H18O2. The van der Waals surface area contributed by atoms with Gasteiger partial charge in [-0.1, -0.05) is 19.8 Å². The van der Waals surface area contributed by atoms with E-state index in [2.05, 4.69) is 0 Å². The molecule has 0 aromatic carbocycles. The van der Waals surface area contributed by atoms with E-state index >= 15 is 0 Å². The number of Topliss-reactive ketones (excluding diaryl/α,β-unsaturated/α-hetero) is 1. The minimum atomic E-state index is -0.372. The summed E-state index contributed by atoms with van der Waals surface area (Å²) < 4.78 is 0. The van der Waals surface area contributed by atoms with Gasteiger partial charge in [0.2, 0.25) is 0 Å². The first-order valence-corrected chi connectivity index (χ1v) is 4.96. The SMILES string of the molecule is CCCC(O)C1CCCCC1=O. The van der Waals surface area contributed by atoms with Crippen LogP contribution in [0.5, 0.6) is 0 Å². The lowest BCUT2D eigenvalue weighted by atomic mass is 9.83. The summed E-state index contributed by atoms with van der Waals surface area (Å²) in [7, 11) is 0. The van der Waals surface area contributed by atoms with Crippen LogP contribution in [0.1, 0.15) is 45.4 Å². The second-order valence-electron chi connectivity index (χ2n) is 3.67. The monoisotopic (exact) mass is 170 g/mol. The van der Waals surface area contributed by atoms with E-state index in [9.17, 15) is 9.90 Å². The van der Waals surface area contributed by atoms with Crippen molar-refractivity contribution in [3.8, 4) is 0 Å². The summed E-state index contributed by atoms with van der Waals surface area (Å²) in [6.45, 7) is 2.04. The fourth-order valence-electron chi connectivity index (χ4n) is 1.91. The molecule has 0 saturated heterocycles. The Morgan fingerprint density at radius 1 is 1.58 bits per heavy atom. The number of aliphatic hydroxyl groups excluding tert-OH is 1. The second kappa shape index (κ2) is 4.61. The Morgan fingerprint density at radius 3 is 2.92 bits per heavy atom. The summed E-state index contributed by atoms with van der Waals surface area (Å²) >= 11 is 0. The van der Waals surface area contributed by atoms with E-state index in [1.807, 2.05) is 6.92 Å². The van der Waals surface area contributed by atoms with Crippen LogP contribution >= 0.6 is 0 Å². The van der Waals surface area contributed by atoms with Crippen LogP contribution in [0, 0.1) is 5.92 Å². The largest absolute Gasteiger partial charge is 0.392 e. The Balaban J connectivity index is 2.42. The van der Waals surface area contributed by atoms with Gasteiger partial charge in [0.1, 0.15) is 5.78 Å². The van der Waals surface area contributed by atoms with Crippen molar-refractivity contribution in [2.75, 3.05) is 0 Å². The van der Waals surface area contributed by atoms with Crippen molar-refractivity contribution >= 4 is 5.78 Å². The number of carbonyl (C=O) groups is 1. The number of carbonyl (C=O) groups excluding carboxylic acids is 1. The van der Waals surface area contributed by atoms with Gasteiger partial charge in [0.05, 0.1) is 6.10 Å². The molecular weight excluding hydrogens is 152 g/mol. The lowest BCUT2D eigenvalue weighted by Gasteiger charge is -2.24. The van der Waals surface area contributed by atoms with Gasteiger partial charge in [0.25, 0.3) is 0 Å². The van der Waals surface area contributed by atoms with Crippen molar-refractivity contribution in [3.63, 3.8) is 0 Å². The van der Waals surface area contributed by atoms with E-state index < -0.39 is 0 Å². The molecule has 1 saturated carbocycles. The summed E-state index contributed by atoms with van der Waals surface area (Å²) in [5, 5.41) is 9.62. The smallest absolute Gasteiger partial charge is 0.138 e. The maximum atomic E-state index is 11.4. The Labute approximate surface area is 74.0 Å². The number of hydrogen-bond acceptors (Lipinski definition) is 2. The third-order valence-corrected chi connectivity index (χ3v) is 2.65. The topological polar surface area (TPSA) is 37.3 Å². The van der Waals surface area contributed by atoms with Crippen LogP contribution in [-0.4, -0.2) is 17.0 Å². The summed E-state index contributed by atoms with van der Waals surface area (Å²) in [4.78, 5) is 11.4. The third kappa shape index (κ3) is 2.31. The molecule has 1 N–H and O–H groups in total. The molecule has 2 unspecified atom stereocenters. The highest BCUT2D eigenvalue weighted by Crippen LogP contribution is 2.25. The number of ketones is 1. The van der Waals surface area contributed by atoms with Crippen LogP contribution < -0.4 is 0 Å². The molecule has 0 aromatic heterocycles. The molecule has 1 aliphatic rings. The highest BCUT2D eigenvalue weighted by molar-refractivity contribution is 5.82. The molecule has 0 spiro atoms. The molecule has 1 aliphatic carbocycles. The molecule has 2 heteroatoms. The van der Waals surface area contributed by atoms with Gasteiger partial charge >= 0.3 is 0 Å². The van der Waals surface area contributed by atoms with Crippen molar-refractivity contribution in [3.05, 3.63) is 0 Å². The van der Waals surface area contributed by atoms with E-state index in [-0.39, 0.29) is 17.8 Å². The van der Waals surface area contributed by atoms with E-state index in [0.29, 0.717) is 6.42 Å². The zero-order valence-corrected chi connectivity index (χ0v) is 7.75. The Kier molecular flexibility index (Phi) is 3.73. The minimum absolute atomic E-state index is 0.0429. The van der Waals surface area contributed by atoms with Gasteiger partial charge < -0.3 is 5.11 Å².